The third-order valence-electron chi connectivity index (χ3n) is 5.12. The summed E-state index contributed by atoms with van der Waals surface area (Å²) in [4.78, 5) is 15.2. The number of hydrogen-bond donors (Lipinski definition) is 1. The highest BCUT2D eigenvalue weighted by Crippen LogP contribution is 2.28. The molecule has 4 rings (SSSR count). The van der Waals surface area contributed by atoms with E-state index in [0.29, 0.717) is 6.54 Å². The van der Waals surface area contributed by atoms with E-state index in [9.17, 15) is 4.79 Å². The van der Waals surface area contributed by atoms with Gasteiger partial charge in [0.2, 0.25) is 0 Å². The summed E-state index contributed by atoms with van der Waals surface area (Å²) in [5.74, 6) is 0. The molecule has 130 valence electrons. The number of fused-ring (bicyclic) bond motifs is 1. The van der Waals surface area contributed by atoms with E-state index in [0.717, 1.165) is 48.2 Å². The highest BCUT2D eigenvalue weighted by molar-refractivity contribution is 5.90. The van der Waals surface area contributed by atoms with Crippen LogP contribution in [0.3, 0.4) is 0 Å². The minimum atomic E-state index is 0.0209. The van der Waals surface area contributed by atoms with Crippen molar-refractivity contribution < 1.29 is 0 Å². The normalized spacial score (nSPS) is 18.0. The number of anilines is 1. The van der Waals surface area contributed by atoms with Gasteiger partial charge in [-0.3, -0.25) is 9.13 Å². The molecule has 0 spiro atoms. The summed E-state index contributed by atoms with van der Waals surface area (Å²) in [6.45, 7) is 2.41. The fraction of sp³-hybridized carbons (Fsp3) is 0.350. The van der Waals surface area contributed by atoms with Crippen molar-refractivity contribution in [2.75, 3.05) is 18.0 Å². The van der Waals surface area contributed by atoms with Gasteiger partial charge in [-0.25, -0.2) is 4.79 Å². The zero-order valence-electron chi connectivity index (χ0n) is 14.6. The highest BCUT2D eigenvalue weighted by atomic mass is 16.1. The maximum absolute atomic E-state index is 12.9. The number of nitrogens with zero attached hydrogens (tertiary/aromatic N) is 3. The molecular weight excluding hydrogens is 312 g/mol. The molecule has 1 aromatic heterocycles. The molecule has 2 N–H and O–H groups in total. The van der Waals surface area contributed by atoms with Gasteiger partial charge in [0.1, 0.15) is 0 Å². The van der Waals surface area contributed by atoms with Crippen LogP contribution in [0.25, 0.3) is 11.0 Å². The monoisotopic (exact) mass is 336 g/mol. The lowest BCUT2D eigenvalue weighted by Crippen LogP contribution is -2.43. The van der Waals surface area contributed by atoms with Gasteiger partial charge in [-0.2, -0.15) is 0 Å². The van der Waals surface area contributed by atoms with Gasteiger partial charge in [0, 0.05) is 26.2 Å². The Morgan fingerprint density at radius 1 is 1.12 bits per heavy atom. The van der Waals surface area contributed by atoms with E-state index < -0.39 is 0 Å². The van der Waals surface area contributed by atoms with Crippen LogP contribution in [0.5, 0.6) is 0 Å². The summed E-state index contributed by atoms with van der Waals surface area (Å²) in [5, 5.41) is 0. The molecule has 0 aliphatic carbocycles. The van der Waals surface area contributed by atoms with Crippen molar-refractivity contribution in [2.24, 2.45) is 12.8 Å². The number of nitrogens with two attached hydrogens (primary N) is 1. The number of hydrogen-bond acceptors (Lipinski definition) is 3. The second-order valence-electron chi connectivity index (χ2n) is 6.91. The topological polar surface area (TPSA) is 56.2 Å². The van der Waals surface area contributed by atoms with E-state index in [4.69, 9.17) is 5.73 Å². The summed E-state index contributed by atoms with van der Waals surface area (Å²) in [7, 11) is 1.85. The fourth-order valence-corrected chi connectivity index (χ4v) is 3.84. The summed E-state index contributed by atoms with van der Waals surface area (Å²) in [6.07, 6.45) is 2.16. The van der Waals surface area contributed by atoms with E-state index in [1.54, 1.807) is 4.57 Å². The van der Waals surface area contributed by atoms with Gasteiger partial charge in [-0.05, 0) is 30.5 Å². The van der Waals surface area contributed by atoms with E-state index in [1.807, 2.05) is 41.9 Å². The minimum Gasteiger partial charge on any atom is -0.368 e. The summed E-state index contributed by atoms with van der Waals surface area (Å²) in [6, 6.07) is 16.5. The lowest BCUT2D eigenvalue weighted by Gasteiger charge is -2.33. The highest BCUT2D eigenvalue weighted by Gasteiger charge is 2.22. The van der Waals surface area contributed by atoms with Crippen molar-refractivity contribution >= 4 is 16.7 Å². The van der Waals surface area contributed by atoms with Crippen molar-refractivity contribution in [3.8, 4) is 0 Å². The molecule has 5 heteroatoms. The summed E-state index contributed by atoms with van der Waals surface area (Å²) < 4.78 is 3.63. The van der Waals surface area contributed by atoms with Crippen LogP contribution in [0.4, 0.5) is 5.69 Å². The van der Waals surface area contributed by atoms with E-state index in [-0.39, 0.29) is 11.7 Å². The Morgan fingerprint density at radius 3 is 2.68 bits per heavy atom. The number of benzene rings is 2. The van der Waals surface area contributed by atoms with Crippen molar-refractivity contribution in [3.05, 3.63) is 64.6 Å². The van der Waals surface area contributed by atoms with E-state index in [1.165, 1.54) is 0 Å². The van der Waals surface area contributed by atoms with Crippen LogP contribution in [0.15, 0.2) is 53.3 Å². The SMILES string of the molecule is Cn1c(=O)n(Cc2ccccc2)c2c(N3CCC[C@@H](N)C3)cccc21. The third-order valence-corrected chi connectivity index (χ3v) is 5.12. The van der Waals surface area contributed by atoms with Gasteiger partial charge in [0.05, 0.1) is 23.3 Å². The molecule has 0 bridgehead atoms. The van der Waals surface area contributed by atoms with Crippen LogP contribution in [0.1, 0.15) is 18.4 Å². The van der Waals surface area contributed by atoms with Crippen molar-refractivity contribution in [2.45, 2.75) is 25.4 Å². The van der Waals surface area contributed by atoms with Crippen molar-refractivity contribution in [1.82, 2.24) is 9.13 Å². The predicted molar refractivity (Wildman–Crippen MR) is 102 cm³/mol. The first-order valence-corrected chi connectivity index (χ1v) is 8.88. The number of rotatable bonds is 3. The van der Waals surface area contributed by atoms with Crippen LogP contribution >= 0.6 is 0 Å². The second-order valence-corrected chi connectivity index (χ2v) is 6.91. The molecule has 2 heterocycles. The number of imidazole rings is 1. The maximum Gasteiger partial charge on any atom is 0.329 e. The zero-order valence-corrected chi connectivity index (χ0v) is 14.6. The van der Waals surface area contributed by atoms with Gasteiger partial charge in [-0.1, -0.05) is 36.4 Å². The second kappa shape index (κ2) is 6.41. The predicted octanol–water partition coefficient (Wildman–Crippen LogP) is 2.32. The molecule has 0 amide bonds. The molecule has 3 aromatic rings. The molecule has 0 radical (unpaired) electrons. The molecule has 1 atom stereocenters. The Morgan fingerprint density at radius 2 is 1.92 bits per heavy atom. The molecule has 25 heavy (non-hydrogen) atoms. The van der Waals surface area contributed by atoms with Crippen LogP contribution in [-0.4, -0.2) is 28.3 Å². The first-order valence-electron chi connectivity index (χ1n) is 8.88. The van der Waals surface area contributed by atoms with Crippen LogP contribution in [0, 0.1) is 0 Å². The largest absolute Gasteiger partial charge is 0.368 e. The first kappa shape index (κ1) is 16.0. The molecule has 1 aliphatic rings. The molecule has 0 unspecified atom stereocenters. The van der Waals surface area contributed by atoms with E-state index in [2.05, 4.69) is 23.1 Å². The average Bonchev–Trinajstić information content (AvgIpc) is 2.88. The molecule has 5 nitrogen and oxygen atoms in total. The number of piperidine rings is 1. The Kier molecular flexibility index (Phi) is 4.09. The Labute approximate surface area is 147 Å². The molecular formula is C20H24N4O. The van der Waals surface area contributed by atoms with Gasteiger partial charge in [0.15, 0.2) is 0 Å². The van der Waals surface area contributed by atoms with Gasteiger partial charge >= 0.3 is 5.69 Å². The van der Waals surface area contributed by atoms with Gasteiger partial charge in [0.25, 0.3) is 0 Å². The van der Waals surface area contributed by atoms with Crippen LogP contribution in [0.2, 0.25) is 0 Å². The average molecular weight is 336 g/mol. The number of para-hydroxylation sites is 1. The fourth-order valence-electron chi connectivity index (χ4n) is 3.84. The number of aryl methyl sites for hydroxylation is 1. The molecule has 0 saturated carbocycles. The lowest BCUT2D eigenvalue weighted by molar-refractivity contribution is 0.506. The molecule has 1 fully saturated rings. The number of aromatic nitrogens is 2. The summed E-state index contributed by atoms with van der Waals surface area (Å²) >= 11 is 0. The quantitative estimate of drug-likeness (QED) is 0.798. The zero-order chi connectivity index (χ0) is 17.4. The van der Waals surface area contributed by atoms with Crippen molar-refractivity contribution in [3.63, 3.8) is 0 Å². The molecule has 2 aromatic carbocycles. The lowest BCUT2D eigenvalue weighted by atomic mass is 10.1. The summed E-state index contributed by atoms with van der Waals surface area (Å²) in [5.41, 5.74) is 10.4. The smallest absolute Gasteiger partial charge is 0.329 e. The van der Waals surface area contributed by atoms with Crippen molar-refractivity contribution in [1.29, 1.82) is 0 Å². The third kappa shape index (κ3) is 2.85. The minimum absolute atomic E-state index is 0.0209. The molecule has 1 saturated heterocycles. The Hall–Kier alpha value is -2.53. The van der Waals surface area contributed by atoms with Crippen LogP contribution in [-0.2, 0) is 13.6 Å². The Bertz CT molecular complexity index is 941. The van der Waals surface area contributed by atoms with Gasteiger partial charge in [-0.15, -0.1) is 0 Å². The maximum atomic E-state index is 12.9. The van der Waals surface area contributed by atoms with Crippen LogP contribution < -0.4 is 16.3 Å². The standard InChI is InChI=1S/C20H24N4O/c1-22-17-10-5-11-18(23-12-6-9-16(21)14-23)19(17)24(20(22)25)13-15-7-3-2-4-8-15/h2-5,7-8,10-11,16H,6,9,12-14,21H2,1H3/t16-/m1/s1. The first-order chi connectivity index (χ1) is 12.1. The molecule has 1 aliphatic heterocycles. The van der Waals surface area contributed by atoms with Gasteiger partial charge < -0.3 is 10.6 Å². The Balaban J connectivity index is 1.87. The van der Waals surface area contributed by atoms with E-state index >= 15 is 0 Å².